The van der Waals surface area contributed by atoms with Crippen molar-refractivity contribution in [3.8, 4) is 0 Å². The van der Waals surface area contributed by atoms with Gasteiger partial charge in [-0.05, 0) is 25.8 Å². The van der Waals surface area contributed by atoms with Crippen LogP contribution in [0.2, 0.25) is 0 Å². The Hall–Kier alpha value is -1.38. The maximum Gasteiger partial charge on any atom is 0.171 e. The van der Waals surface area contributed by atoms with Gasteiger partial charge in [-0.25, -0.2) is 4.57 Å². The fourth-order valence-electron chi connectivity index (χ4n) is 2.23. The first-order valence-electron chi connectivity index (χ1n) is 8.25. The molecule has 21 heavy (non-hydrogen) atoms. The van der Waals surface area contributed by atoms with Crippen LogP contribution in [0.25, 0.3) is 0 Å². The van der Waals surface area contributed by atoms with Crippen LogP contribution in [-0.4, -0.2) is 5.97 Å². The summed E-state index contributed by atoms with van der Waals surface area (Å²) in [6, 6.07) is 4.42. The Balaban J connectivity index is 0.000000885. The van der Waals surface area contributed by atoms with Crippen molar-refractivity contribution in [2.75, 3.05) is 0 Å². The predicted octanol–water partition coefficient (Wildman–Crippen LogP) is 3.04. The van der Waals surface area contributed by atoms with E-state index < -0.39 is 5.97 Å². The minimum Gasteiger partial charge on any atom is -0.550 e. The van der Waals surface area contributed by atoms with E-state index in [9.17, 15) is 0 Å². The van der Waals surface area contributed by atoms with Gasteiger partial charge in [0.05, 0.1) is 0 Å². The number of unbranched alkanes of at least 4 members (excludes halogenated alkanes) is 5. The van der Waals surface area contributed by atoms with Gasteiger partial charge in [0.1, 0.15) is 6.54 Å². The van der Waals surface area contributed by atoms with Crippen LogP contribution in [0.5, 0.6) is 0 Å². The highest BCUT2D eigenvalue weighted by Crippen LogP contribution is 2.05. The number of carbonyl (C=O) groups excluding carboxylic acids is 1. The van der Waals surface area contributed by atoms with Gasteiger partial charge in [-0.15, -0.1) is 0 Å². The Morgan fingerprint density at radius 2 is 1.71 bits per heavy atom. The van der Waals surface area contributed by atoms with Crippen molar-refractivity contribution in [1.29, 1.82) is 0 Å². The fraction of sp³-hybridized carbons (Fsp3) is 0.667. The number of nitrogens with zero attached hydrogens (tertiary/aromatic N) is 1. The SMILES string of the molecule is CC(=O)[O-].CCCCCCCC[n+]1cccc(CCC)c1. The van der Waals surface area contributed by atoms with Crippen LogP contribution in [0, 0.1) is 0 Å². The number of hydrogen-bond donors (Lipinski definition) is 0. The van der Waals surface area contributed by atoms with Gasteiger partial charge in [-0.3, -0.25) is 0 Å². The molecule has 1 rings (SSSR count). The van der Waals surface area contributed by atoms with Crippen molar-refractivity contribution in [2.24, 2.45) is 0 Å². The number of carboxylic acids is 1. The van der Waals surface area contributed by atoms with E-state index in [1.807, 2.05) is 0 Å². The number of hydrogen-bond acceptors (Lipinski definition) is 2. The molecule has 0 fully saturated rings. The number of aromatic nitrogens is 1. The van der Waals surface area contributed by atoms with Gasteiger partial charge in [0.25, 0.3) is 0 Å². The molecule has 120 valence electrons. The zero-order valence-electron chi connectivity index (χ0n) is 13.9. The van der Waals surface area contributed by atoms with Crippen LogP contribution in [0.1, 0.15) is 71.3 Å². The van der Waals surface area contributed by atoms with E-state index in [1.165, 1.54) is 63.5 Å². The van der Waals surface area contributed by atoms with E-state index in [-0.39, 0.29) is 0 Å². The summed E-state index contributed by atoms with van der Waals surface area (Å²) in [5, 5.41) is 8.89. The number of carboxylic acid groups (broad SMARTS) is 1. The molecule has 3 nitrogen and oxygen atoms in total. The van der Waals surface area contributed by atoms with Gasteiger partial charge >= 0.3 is 0 Å². The lowest BCUT2D eigenvalue weighted by Crippen LogP contribution is -2.33. The molecular formula is C18H31NO2. The molecule has 0 aromatic carbocycles. The summed E-state index contributed by atoms with van der Waals surface area (Å²) in [4.78, 5) is 8.89. The molecule has 0 aliphatic rings. The van der Waals surface area contributed by atoms with E-state index in [1.54, 1.807) is 0 Å². The predicted molar refractivity (Wildman–Crippen MR) is 84.7 cm³/mol. The molecule has 3 heteroatoms. The lowest BCUT2D eigenvalue weighted by molar-refractivity contribution is -0.697. The highest BCUT2D eigenvalue weighted by Gasteiger charge is 2.01. The smallest absolute Gasteiger partial charge is 0.171 e. The molecule has 0 amide bonds. The van der Waals surface area contributed by atoms with Gasteiger partial charge in [-0.2, -0.15) is 0 Å². The molecule has 0 radical (unpaired) electrons. The van der Waals surface area contributed by atoms with Crippen LogP contribution >= 0.6 is 0 Å². The van der Waals surface area contributed by atoms with Crippen LogP contribution < -0.4 is 9.67 Å². The largest absolute Gasteiger partial charge is 0.550 e. The average molecular weight is 293 g/mol. The second-order valence-electron chi connectivity index (χ2n) is 5.46. The molecule has 1 aromatic heterocycles. The van der Waals surface area contributed by atoms with Gasteiger partial charge < -0.3 is 9.90 Å². The molecule has 0 aliphatic heterocycles. The van der Waals surface area contributed by atoms with Crippen LogP contribution in [0.4, 0.5) is 0 Å². The molecule has 0 N–H and O–H groups in total. The minimum atomic E-state index is -1.08. The van der Waals surface area contributed by atoms with Crippen LogP contribution in [0.15, 0.2) is 24.5 Å². The van der Waals surface area contributed by atoms with Crippen molar-refractivity contribution < 1.29 is 14.5 Å². The molecule has 0 aliphatic carbocycles. The monoisotopic (exact) mass is 293 g/mol. The van der Waals surface area contributed by atoms with E-state index in [0.717, 1.165) is 6.92 Å². The summed E-state index contributed by atoms with van der Waals surface area (Å²) >= 11 is 0. The Bertz CT molecular complexity index is 373. The highest BCUT2D eigenvalue weighted by molar-refractivity contribution is 5.60. The zero-order chi connectivity index (χ0) is 15.9. The first-order valence-corrected chi connectivity index (χ1v) is 8.25. The fourth-order valence-corrected chi connectivity index (χ4v) is 2.23. The van der Waals surface area contributed by atoms with E-state index in [0.29, 0.717) is 0 Å². The van der Waals surface area contributed by atoms with E-state index in [2.05, 4.69) is 42.9 Å². The number of aliphatic carboxylic acids is 1. The summed E-state index contributed by atoms with van der Waals surface area (Å²) < 4.78 is 2.35. The molecule has 0 saturated heterocycles. The van der Waals surface area contributed by atoms with E-state index in [4.69, 9.17) is 9.90 Å². The zero-order valence-corrected chi connectivity index (χ0v) is 13.9. The Kier molecular flexibility index (Phi) is 12.7. The van der Waals surface area contributed by atoms with Crippen molar-refractivity contribution >= 4 is 5.97 Å². The third kappa shape index (κ3) is 13.4. The van der Waals surface area contributed by atoms with Crippen LogP contribution in [-0.2, 0) is 17.8 Å². The Morgan fingerprint density at radius 3 is 2.33 bits per heavy atom. The lowest BCUT2D eigenvalue weighted by atomic mass is 10.1. The summed E-state index contributed by atoms with van der Waals surface area (Å²) in [6.45, 7) is 6.67. The lowest BCUT2D eigenvalue weighted by Gasteiger charge is -2.00. The standard InChI is InChI=1S/C16H28N.C2H4O2/c1-3-5-6-7-8-9-13-17-14-10-12-16(15-17)11-4-2;1-2(3)4/h10,12,14-15H,3-9,11,13H2,1-2H3;1H3,(H,3,4)/q+1;/p-1. The third-order valence-electron chi connectivity index (χ3n) is 3.23. The van der Waals surface area contributed by atoms with Crippen molar-refractivity contribution in [3.63, 3.8) is 0 Å². The first-order chi connectivity index (χ1) is 10.1. The van der Waals surface area contributed by atoms with Crippen molar-refractivity contribution in [2.45, 2.75) is 78.7 Å². The molecule has 0 saturated carbocycles. The van der Waals surface area contributed by atoms with Gasteiger partial charge in [0.15, 0.2) is 12.4 Å². The van der Waals surface area contributed by atoms with Gasteiger partial charge in [0, 0.05) is 24.0 Å². The second kappa shape index (κ2) is 13.6. The van der Waals surface area contributed by atoms with Gasteiger partial charge in [-0.1, -0.05) is 46.0 Å². The summed E-state index contributed by atoms with van der Waals surface area (Å²) in [7, 11) is 0. The second-order valence-corrected chi connectivity index (χ2v) is 5.46. The molecule has 1 heterocycles. The molecule has 1 aromatic rings. The Morgan fingerprint density at radius 1 is 1.10 bits per heavy atom. The molecule has 0 atom stereocenters. The van der Waals surface area contributed by atoms with Crippen molar-refractivity contribution in [3.05, 3.63) is 30.1 Å². The molecule has 0 bridgehead atoms. The maximum atomic E-state index is 8.89. The van der Waals surface area contributed by atoms with Crippen molar-refractivity contribution in [1.82, 2.24) is 0 Å². The summed E-state index contributed by atoms with van der Waals surface area (Å²) in [6.07, 6.45) is 15.2. The first kappa shape index (κ1) is 19.6. The Labute approximate surface area is 130 Å². The maximum absolute atomic E-state index is 8.89. The quantitative estimate of drug-likeness (QED) is 0.519. The molecular weight excluding hydrogens is 262 g/mol. The number of rotatable bonds is 9. The summed E-state index contributed by atoms with van der Waals surface area (Å²) in [5.74, 6) is -1.08. The number of aryl methyl sites for hydroxylation is 2. The third-order valence-corrected chi connectivity index (χ3v) is 3.23. The highest BCUT2D eigenvalue weighted by atomic mass is 16.4. The summed E-state index contributed by atoms with van der Waals surface area (Å²) in [5.41, 5.74) is 1.47. The minimum absolute atomic E-state index is 0.972. The van der Waals surface area contributed by atoms with E-state index >= 15 is 0 Å². The molecule has 0 unspecified atom stereocenters. The molecule has 0 spiro atoms. The number of carbonyl (C=O) groups is 1. The normalized spacial score (nSPS) is 9.86. The number of pyridine rings is 1. The van der Waals surface area contributed by atoms with Gasteiger partial charge in [0.2, 0.25) is 0 Å². The topological polar surface area (TPSA) is 44.0 Å². The van der Waals surface area contributed by atoms with Crippen LogP contribution in [0.3, 0.4) is 0 Å². The average Bonchev–Trinajstić information content (AvgIpc) is 2.43.